The van der Waals surface area contributed by atoms with Crippen LogP contribution in [0.3, 0.4) is 0 Å². The summed E-state index contributed by atoms with van der Waals surface area (Å²) in [6.45, 7) is 2.76. The van der Waals surface area contributed by atoms with Crippen molar-refractivity contribution in [2.45, 2.75) is 16.8 Å². The number of alkyl halides is 1. The molecule has 48 valence electrons. The van der Waals surface area contributed by atoms with Crippen molar-refractivity contribution in [3.63, 3.8) is 0 Å². The maximum Gasteiger partial charge on any atom is 0.0888 e. The molecule has 0 spiro atoms. The van der Waals surface area contributed by atoms with E-state index in [0.29, 0.717) is 0 Å². The number of piperidine rings is 1. The molecule has 0 aromatic heterocycles. The van der Waals surface area contributed by atoms with Gasteiger partial charge in [-0.2, -0.15) is 0 Å². The zero-order valence-corrected chi connectivity index (χ0v) is 7.44. The largest absolute Gasteiger partial charge is 0.337 e. The Labute approximate surface area is 64.6 Å². The van der Waals surface area contributed by atoms with Crippen molar-refractivity contribution in [2.75, 3.05) is 20.1 Å². The lowest BCUT2D eigenvalue weighted by Gasteiger charge is -2.22. The summed E-state index contributed by atoms with van der Waals surface area (Å²) in [5.41, 5.74) is 0. The third kappa shape index (κ3) is 1.90. The van der Waals surface area contributed by atoms with Crippen molar-refractivity contribution >= 4 is 22.6 Å². The van der Waals surface area contributed by atoms with Gasteiger partial charge < -0.3 is 4.90 Å². The van der Waals surface area contributed by atoms with Crippen molar-refractivity contribution in [3.8, 4) is 0 Å². The van der Waals surface area contributed by atoms with E-state index in [9.17, 15) is 0 Å². The van der Waals surface area contributed by atoms with Crippen molar-refractivity contribution in [1.29, 1.82) is 0 Å². The number of rotatable bonds is 0. The van der Waals surface area contributed by atoms with Gasteiger partial charge in [-0.15, -0.1) is 0 Å². The molecule has 1 N–H and O–H groups in total. The summed E-state index contributed by atoms with van der Waals surface area (Å²) in [7, 11) is 2.28. The molecular weight excluding hydrogens is 213 g/mol. The molecule has 2 atom stereocenters. The highest BCUT2D eigenvalue weighted by Crippen LogP contribution is 2.07. The van der Waals surface area contributed by atoms with E-state index in [1.165, 1.54) is 25.9 Å². The van der Waals surface area contributed by atoms with Gasteiger partial charge in [-0.3, -0.25) is 0 Å². The highest BCUT2D eigenvalue weighted by Gasteiger charge is 2.16. The summed E-state index contributed by atoms with van der Waals surface area (Å²) in [6, 6.07) is 0. The lowest BCUT2D eigenvalue weighted by Crippen LogP contribution is -3.10. The number of hydrogen-bond acceptors (Lipinski definition) is 0. The summed E-state index contributed by atoms with van der Waals surface area (Å²) >= 11 is 2.55. The Kier molecular flexibility index (Phi) is 2.56. The Morgan fingerprint density at radius 1 is 1.62 bits per heavy atom. The fraction of sp³-hybridized carbons (Fsp3) is 1.00. The van der Waals surface area contributed by atoms with E-state index in [2.05, 4.69) is 29.6 Å². The minimum Gasteiger partial charge on any atom is -0.337 e. The summed E-state index contributed by atoms with van der Waals surface area (Å²) in [6.07, 6.45) is 2.87. The predicted octanol–water partition coefficient (Wildman–Crippen LogP) is 0.0985. The van der Waals surface area contributed by atoms with Gasteiger partial charge in [0, 0.05) is 0 Å². The second-order valence-electron chi connectivity index (χ2n) is 2.65. The molecule has 8 heavy (non-hydrogen) atoms. The second kappa shape index (κ2) is 3.01. The van der Waals surface area contributed by atoms with E-state index in [1.807, 2.05) is 0 Å². The average Bonchev–Trinajstić information content (AvgIpc) is 1.64. The van der Waals surface area contributed by atoms with Crippen LogP contribution in [0, 0.1) is 0 Å². The fourth-order valence-electron chi connectivity index (χ4n) is 1.21. The van der Waals surface area contributed by atoms with Crippen LogP contribution in [0.5, 0.6) is 0 Å². The lowest BCUT2D eigenvalue weighted by molar-refractivity contribution is -0.883. The molecule has 0 saturated carbocycles. The Morgan fingerprint density at radius 2 is 2.38 bits per heavy atom. The van der Waals surface area contributed by atoms with Crippen LogP contribution >= 0.6 is 22.6 Å². The number of nitrogens with one attached hydrogen (secondary N) is 1. The van der Waals surface area contributed by atoms with Crippen molar-refractivity contribution in [2.24, 2.45) is 0 Å². The molecule has 0 aromatic rings. The first-order chi connectivity index (χ1) is 3.79. The van der Waals surface area contributed by atoms with Crippen molar-refractivity contribution in [3.05, 3.63) is 0 Å². The van der Waals surface area contributed by atoms with E-state index >= 15 is 0 Å². The monoisotopic (exact) mass is 226 g/mol. The molecule has 0 aliphatic carbocycles. The summed E-state index contributed by atoms with van der Waals surface area (Å²) < 4.78 is 0.946. The summed E-state index contributed by atoms with van der Waals surface area (Å²) in [4.78, 5) is 1.70. The average molecular weight is 226 g/mol. The maximum absolute atomic E-state index is 2.55. The van der Waals surface area contributed by atoms with Gasteiger partial charge >= 0.3 is 0 Å². The van der Waals surface area contributed by atoms with Gasteiger partial charge in [0.05, 0.1) is 24.1 Å². The van der Waals surface area contributed by atoms with E-state index in [0.717, 1.165) is 3.92 Å². The smallest absolute Gasteiger partial charge is 0.0888 e. The van der Waals surface area contributed by atoms with Crippen LogP contribution in [-0.4, -0.2) is 24.1 Å². The van der Waals surface area contributed by atoms with Crippen LogP contribution in [0.4, 0.5) is 0 Å². The SMILES string of the molecule is C[NH+]1CCCC(I)C1. The van der Waals surface area contributed by atoms with Gasteiger partial charge in [0.1, 0.15) is 0 Å². The Bertz CT molecular complexity index is 66.9. The molecule has 1 nitrogen and oxygen atoms in total. The molecule has 1 aliphatic rings. The second-order valence-corrected chi connectivity index (χ2v) is 4.41. The normalized spacial score (nSPS) is 39.8. The Balaban J connectivity index is 2.23. The highest BCUT2D eigenvalue weighted by atomic mass is 127. The first-order valence-electron chi connectivity index (χ1n) is 3.24. The van der Waals surface area contributed by atoms with Crippen LogP contribution in [0.25, 0.3) is 0 Å². The van der Waals surface area contributed by atoms with Gasteiger partial charge in [0.25, 0.3) is 0 Å². The first-order valence-corrected chi connectivity index (χ1v) is 4.49. The molecule has 2 heteroatoms. The third-order valence-corrected chi connectivity index (χ3v) is 2.75. The van der Waals surface area contributed by atoms with Crippen molar-refractivity contribution < 1.29 is 4.90 Å². The molecule has 0 amide bonds. The topological polar surface area (TPSA) is 4.44 Å². The molecule has 0 aromatic carbocycles. The van der Waals surface area contributed by atoms with E-state index in [4.69, 9.17) is 0 Å². The number of hydrogen-bond donors (Lipinski definition) is 1. The fourth-order valence-corrected chi connectivity index (χ4v) is 2.40. The zero-order chi connectivity index (χ0) is 5.98. The molecule has 1 heterocycles. The molecule has 1 fully saturated rings. The van der Waals surface area contributed by atoms with E-state index in [1.54, 1.807) is 4.90 Å². The molecule has 0 bridgehead atoms. The lowest BCUT2D eigenvalue weighted by atomic mass is 10.1. The van der Waals surface area contributed by atoms with E-state index in [-0.39, 0.29) is 0 Å². The number of quaternary nitrogens is 1. The Morgan fingerprint density at radius 3 is 2.75 bits per heavy atom. The summed E-state index contributed by atoms with van der Waals surface area (Å²) in [5, 5.41) is 0. The van der Waals surface area contributed by atoms with Crippen LogP contribution in [0.15, 0.2) is 0 Å². The Hall–Kier alpha value is 0.690. The highest BCUT2D eigenvalue weighted by molar-refractivity contribution is 14.1. The van der Waals surface area contributed by atoms with Crippen LogP contribution in [0.2, 0.25) is 0 Å². The summed E-state index contributed by atoms with van der Waals surface area (Å²) in [5.74, 6) is 0. The molecule has 1 rings (SSSR count). The molecule has 0 radical (unpaired) electrons. The number of halogens is 1. The molecular formula is C6H13IN+. The van der Waals surface area contributed by atoms with Gasteiger partial charge in [-0.05, 0) is 12.8 Å². The van der Waals surface area contributed by atoms with Gasteiger partial charge in [-0.25, -0.2) is 0 Å². The number of likely N-dealkylation sites (tertiary alicyclic amines) is 1. The quantitative estimate of drug-likeness (QED) is 0.441. The van der Waals surface area contributed by atoms with Crippen LogP contribution in [0.1, 0.15) is 12.8 Å². The molecule has 1 saturated heterocycles. The van der Waals surface area contributed by atoms with Crippen molar-refractivity contribution in [1.82, 2.24) is 0 Å². The predicted molar refractivity (Wildman–Crippen MR) is 43.7 cm³/mol. The van der Waals surface area contributed by atoms with Crippen LogP contribution in [-0.2, 0) is 0 Å². The first kappa shape index (κ1) is 6.81. The van der Waals surface area contributed by atoms with E-state index < -0.39 is 0 Å². The molecule has 1 aliphatic heterocycles. The van der Waals surface area contributed by atoms with Gasteiger partial charge in [0.2, 0.25) is 0 Å². The minimum atomic E-state index is 0.946. The van der Waals surface area contributed by atoms with Crippen LogP contribution < -0.4 is 4.90 Å². The van der Waals surface area contributed by atoms with Gasteiger partial charge in [0.15, 0.2) is 0 Å². The third-order valence-electron chi connectivity index (χ3n) is 1.69. The maximum atomic E-state index is 2.55. The standard InChI is InChI=1S/C6H12IN/c1-8-4-2-3-6(7)5-8/h6H,2-5H2,1H3/p+1. The van der Waals surface area contributed by atoms with Gasteiger partial charge in [-0.1, -0.05) is 22.6 Å². The minimum absolute atomic E-state index is 0.946. The zero-order valence-electron chi connectivity index (χ0n) is 5.28. The molecule has 2 unspecified atom stereocenters.